The highest BCUT2D eigenvalue weighted by atomic mass is 35.5. The van der Waals surface area contributed by atoms with Crippen molar-refractivity contribution < 1.29 is 13.2 Å². The first-order chi connectivity index (χ1) is 12.7. The average Bonchev–Trinajstić information content (AvgIpc) is 3.12. The maximum absolute atomic E-state index is 12.7. The maximum atomic E-state index is 12.7. The lowest BCUT2D eigenvalue weighted by Gasteiger charge is -2.19. The zero-order chi connectivity index (χ0) is 20.2. The molecule has 1 heterocycles. The number of aryl methyl sites for hydroxylation is 1. The van der Waals surface area contributed by atoms with Crippen molar-refractivity contribution in [3.05, 3.63) is 44.9 Å². The molecular weight excluding hydrogens is 406 g/mol. The number of nitrogens with zero attached hydrogens (tertiary/aromatic N) is 2. The van der Waals surface area contributed by atoms with E-state index in [9.17, 15) is 13.2 Å². The van der Waals surface area contributed by atoms with Crippen molar-refractivity contribution in [2.24, 2.45) is 0 Å². The number of sulfonamides is 1. The zero-order valence-electron chi connectivity index (χ0n) is 15.8. The van der Waals surface area contributed by atoms with Gasteiger partial charge in [0, 0.05) is 18.5 Å². The highest BCUT2D eigenvalue weighted by molar-refractivity contribution is 7.89. The van der Waals surface area contributed by atoms with Gasteiger partial charge in [-0.1, -0.05) is 32.4 Å². The van der Waals surface area contributed by atoms with Gasteiger partial charge in [0.25, 0.3) is 5.91 Å². The van der Waals surface area contributed by atoms with Gasteiger partial charge in [0.05, 0.1) is 32.2 Å². The summed E-state index contributed by atoms with van der Waals surface area (Å²) in [6.45, 7) is 8.09. The van der Waals surface area contributed by atoms with Crippen LogP contribution >= 0.6 is 22.9 Å². The molecule has 0 fully saturated rings. The Kier molecular flexibility index (Phi) is 7.39. The van der Waals surface area contributed by atoms with Crippen LogP contribution in [0.4, 0.5) is 0 Å². The summed E-state index contributed by atoms with van der Waals surface area (Å²) in [4.78, 5) is 17.2. The number of carbonyl (C=O) groups is 1. The fraction of sp³-hybridized carbons (Fsp3) is 0.444. The first kappa shape index (κ1) is 21.8. The SMILES string of the molecule is CCc1nc(C(C)NC(=O)c2cc(S(=O)(=O)N(CC)CC)ccc2Cl)cs1. The second-order valence-electron chi connectivity index (χ2n) is 5.95. The number of amides is 1. The molecule has 0 radical (unpaired) electrons. The molecule has 2 rings (SSSR count). The summed E-state index contributed by atoms with van der Waals surface area (Å²) in [6.07, 6.45) is 0.836. The summed E-state index contributed by atoms with van der Waals surface area (Å²) >= 11 is 7.71. The number of nitrogens with one attached hydrogen (secondary N) is 1. The maximum Gasteiger partial charge on any atom is 0.253 e. The molecule has 1 amide bonds. The Bertz CT molecular complexity index is 908. The molecule has 0 saturated carbocycles. The van der Waals surface area contributed by atoms with Gasteiger partial charge in [-0.2, -0.15) is 4.31 Å². The average molecular weight is 430 g/mol. The van der Waals surface area contributed by atoms with Crippen LogP contribution in [0.25, 0.3) is 0 Å². The largest absolute Gasteiger partial charge is 0.344 e. The summed E-state index contributed by atoms with van der Waals surface area (Å²) in [5.41, 5.74) is 0.899. The van der Waals surface area contributed by atoms with Crippen LogP contribution < -0.4 is 5.32 Å². The van der Waals surface area contributed by atoms with Gasteiger partial charge >= 0.3 is 0 Å². The summed E-state index contributed by atoms with van der Waals surface area (Å²) in [5, 5.41) is 5.94. The van der Waals surface area contributed by atoms with E-state index in [-0.39, 0.29) is 21.5 Å². The molecule has 0 bridgehead atoms. The normalized spacial score (nSPS) is 13.0. The van der Waals surface area contributed by atoms with E-state index in [0.29, 0.717) is 13.1 Å². The van der Waals surface area contributed by atoms with Gasteiger partial charge in [0.2, 0.25) is 10.0 Å². The van der Waals surface area contributed by atoms with Gasteiger partial charge in [0.15, 0.2) is 0 Å². The van der Waals surface area contributed by atoms with Crippen molar-refractivity contribution in [3.8, 4) is 0 Å². The fourth-order valence-corrected chi connectivity index (χ4v) is 5.11. The molecule has 0 aliphatic heterocycles. The Morgan fingerprint density at radius 1 is 1.30 bits per heavy atom. The second-order valence-corrected chi connectivity index (χ2v) is 9.23. The van der Waals surface area contributed by atoms with Crippen LogP contribution in [0.5, 0.6) is 0 Å². The molecular formula is C18H24ClN3O3S2. The molecule has 27 heavy (non-hydrogen) atoms. The monoisotopic (exact) mass is 429 g/mol. The minimum atomic E-state index is -3.67. The Hall–Kier alpha value is -1.48. The van der Waals surface area contributed by atoms with Crippen LogP contribution in [-0.4, -0.2) is 36.7 Å². The van der Waals surface area contributed by atoms with Crippen molar-refractivity contribution >= 4 is 38.9 Å². The van der Waals surface area contributed by atoms with Gasteiger partial charge in [-0.05, 0) is 31.5 Å². The van der Waals surface area contributed by atoms with E-state index in [4.69, 9.17) is 11.6 Å². The molecule has 9 heteroatoms. The van der Waals surface area contributed by atoms with E-state index in [2.05, 4.69) is 10.3 Å². The molecule has 1 aromatic heterocycles. The molecule has 148 valence electrons. The Morgan fingerprint density at radius 2 is 1.96 bits per heavy atom. The molecule has 1 unspecified atom stereocenters. The van der Waals surface area contributed by atoms with Crippen molar-refractivity contribution in [1.29, 1.82) is 0 Å². The molecule has 1 aromatic carbocycles. The number of hydrogen-bond acceptors (Lipinski definition) is 5. The Morgan fingerprint density at radius 3 is 2.52 bits per heavy atom. The van der Waals surface area contributed by atoms with Crippen molar-refractivity contribution in [3.63, 3.8) is 0 Å². The lowest BCUT2D eigenvalue weighted by atomic mass is 10.2. The smallest absolute Gasteiger partial charge is 0.253 e. The van der Waals surface area contributed by atoms with E-state index >= 15 is 0 Å². The number of rotatable bonds is 8. The quantitative estimate of drug-likeness (QED) is 0.690. The number of halogens is 1. The van der Waals surface area contributed by atoms with Crippen LogP contribution in [0.1, 0.15) is 54.8 Å². The molecule has 0 saturated heterocycles. The molecule has 0 aliphatic carbocycles. The zero-order valence-corrected chi connectivity index (χ0v) is 18.2. The second kappa shape index (κ2) is 9.14. The van der Waals surface area contributed by atoms with Crippen molar-refractivity contribution in [2.75, 3.05) is 13.1 Å². The van der Waals surface area contributed by atoms with E-state index in [0.717, 1.165) is 17.1 Å². The third-order valence-corrected chi connectivity index (χ3v) is 7.58. The fourth-order valence-electron chi connectivity index (χ4n) is 2.59. The molecule has 0 aliphatic rings. The summed E-state index contributed by atoms with van der Waals surface area (Å²) < 4.78 is 26.7. The van der Waals surface area contributed by atoms with Gasteiger partial charge in [-0.15, -0.1) is 11.3 Å². The van der Waals surface area contributed by atoms with E-state index in [1.54, 1.807) is 25.2 Å². The predicted octanol–water partition coefficient (Wildman–Crippen LogP) is 3.88. The number of carbonyl (C=O) groups excluding carboxylic acids is 1. The van der Waals surface area contributed by atoms with E-state index in [1.165, 1.54) is 22.5 Å². The van der Waals surface area contributed by atoms with Crippen LogP contribution in [0.15, 0.2) is 28.5 Å². The number of thiazole rings is 1. The van der Waals surface area contributed by atoms with Crippen LogP contribution in [0.3, 0.4) is 0 Å². The predicted molar refractivity (Wildman–Crippen MR) is 109 cm³/mol. The van der Waals surface area contributed by atoms with E-state index in [1.807, 2.05) is 19.2 Å². The Labute approximate surface area is 169 Å². The molecule has 6 nitrogen and oxygen atoms in total. The van der Waals surface area contributed by atoms with Gasteiger partial charge in [-0.25, -0.2) is 13.4 Å². The topological polar surface area (TPSA) is 79.4 Å². The highest BCUT2D eigenvalue weighted by Crippen LogP contribution is 2.24. The van der Waals surface area contributed by atoms with Crippen molar-refractivity contribution in [2.45, 2.75) is 45.1 Å². The lowest BCUT2D eigenvalue weighted by molar-refractivity contribution is 0.0939. The van der Waals surface area contributed by atoms with Gasteiger partial charge in [0.1, 0.15) is 0 Å². The van der Waals surface area contributed by atoms with E-state index < -0.39 is 15.9 Å². The summed E-state index contributed by atoms with van der Waals surface area (Å²) in [5.74, 6) is -0.435. The Balaban J connectivity index is 2.28. The minimum absolute atomic E-state index is 0.0512. The first-order valence-electron chi connectivity index (χ1n) is 8.79. The lowest BCUT2D eigenvalue weighted by Crippen LogP contribution is -2.31. The standard InChI is InChI=1S/C18H24ClN3O3S2/c1-5-17-21-16(11-26-17)12(4)20-18(23)14-10-13(8-9-15(14)19)27(24,25)22(6-2)7-3/h8-12H,5-7H2,1-4H3,(H,20,23). The molecule has 0 spiro atoms. The molecule has 1 N–H and O–H groups in total. The number of benzene rings is 1. The molecule has 1 atom stereocenters. The third kappa shape index (κ3) is 4.87. The summed E-state index contributed by atoms with van der Waals surface area (Å²) in [6, 6.07) is 3.88. The number of aromatic nitrogens is 1. The molecule has 2 aromatic rings. The number of hydrogen-bond donors (Lipinski definition) is 1. The third-order valence-electron chi connectivity index (χ3n) is 4.19. The highest BCUT2D eigenvalue weighted by Gasteiger charge is 2.24. The van der Waals surface area contributed by atoms with Crippen LogP contribution in [0, 0.1) is 0 Å². The van der Waals surface area contributed by atoms with Crippen molar-refractivity contribution in [1.82, 2.24) is 14.6 Å². The van der Waals surface area contributed by atoms with Gasteiger partial charge in [-0.3, -0.25) is 4.79 Å². The summed E-state index contributed by atoms with van der Waals surface area (Å²) in [7, 11) is -3.67. The minimum Gasteiger partial charge on any atom is -0.344 e. The van der Waals surface area contributed by atoms with Crippen LogP contribution in [0.2, 0.25) is 5.02 Å². The van der Waals surface area contributed by atoms with Gasteiger partial charge < -0.3 is 5.32 Å². The van der Waals surface area contributed by atoms with Crippen LogP contribution in [-0.2, 0) is 16.4 Å². The first-order valence-corrected chi connectivity index (χ1v) is 11.5.